The van der Waals surface area contributed by atoms with E-state index in [0.29, 0.717) is 0 Å². The molecule has 0 saturated carbocycles. The third-order valence-electron chi connectivity index (χ3n) is 2.25. The highest BCUT2D eigenvalue weighted by atomic mass is 79.9. The van der Waals surface area contributed by atoms with Gasteiger partial charge in [-0.25, -0.2) is 8.78 Å². The minimum Gasteiger partial charge on any atom is -0.506 e. The highest BCUT2D eigenvalue weighted by Crippen LogP contribution is 2.32. The smallest absolute Gasteiger partial charge is 0.312 e. The second kappa shape index (κ2) is 6.63. The van der Waals surface area contributed by atoms with Gasteiger partial charge >= 0.3 is 5.97 Å². The lowest BCUT2D eigenvalue weighted by atomic mass is 10.1. The van der Waals surface area contributed by atoms with Crippen LogP contribution >= 0.6 is 15.9 Å². The van der Waals surface area contributed by atoms with E-state index in [-0.39, 0.29) is 35.2 Å². The van der Waals surface area contributed by atoms with Crippen molar-refractivity contribution in [3.05, 3.63) is 23.0 Å². The number of pyridine rings is 1. The van der Waals surface area contributed by atoms with Crippen molar-refractivity contribution in [2.75, 3.05) is 6.61 Å². The van der Waals surface area contributed by atoms with E-state index in [1.807, 2.05) is 0 Å². The van der Waals surface area contributed by atoms with Crippen LogP contribution in [0.25, 0.3) is 0 Å². The number of halogens is 3. The molecule has 0 bridgehead atoms. The lowest BCUT2D eigenvalue weighted by Crippen LogP contribution is -2.10. The summed E-state index contributed by atoms with van der Waals surface area (Å²) in [6.07, 6.45) is -2.01. The summed E-state index contributed by atoms with van der Waals surface area (Å²) in [6.45, 7) is 1.86. The zero-order chi connectivity index (χ0) is 13.7. The predicted molar refractivity (Wildman–Crippen MR) is 63.8 cm³/mol. The molecule has 1 rings (SSSR count). The first-order valence-corrected chi connectivity index (χ1v) is 6.32. The van der Waals surface area contributed by atoms with E-state index >= 15 is 0 Å². The molecule has 1 N–H and O–H groups in total. The molecule has 0 aliphatic heterocycles. The third-order valence-corrected chi connectivity index (χ3v) is 2.81. The molecule has 18 heavy (non-hydrogen) atoms. The number of rotatable bonds is 5. The molecule has 0 aliphatic rings. The fourth-order valence-electron chi connectivity index (χ4n) is 1.40. The van der Waals surface area contributed by atoms with Gasteiger partial charge in [-0.3, -0.25) is 9.78 Å². The van der Waals surface area contributed by atoms with Crippen LogP contribution in [0.15, 0.2) is 6.20 Å². The van der Waals surface area contributed by atoms with E-state index in [9.17, 15) is 18.7 Å². The number of hydrogen-bond donors (Lipinski definition) is 1. The van der Waals surface area contributed by atoms with E-state index in [2.05, 4.69) is 20.9 Å². The summed E-state index contributed by atoms with van der Waals surface area (Å²) < 4.78 is 30.0. The first kappa shape index (κ1) is 14.8. The highest BCUT2D eigenvalue weighted by Gasteiger charge is 2.20. The first-order valence-electron chi connectivity index (χ1n) is 5.20. The van der Waals surface area contributed by atoms with Crippen molar-refractivity contribution in [3.63, 3.8) is 0 Å². The summed E-state index contributed by atoms with van der Waals surface area (Å²) in [6, 6.07) is 0. The molecule has 0 aliphatic carbocycles. The second-order valence-corrected chi connectivity index (χ2v) is 3.96. The maximum Gasteiger partial charge on any atom is 0.312 e. The molecule has 1 aromatic rings. The Morgan fingerprint density at radius 3 is 2.78 bits per heavy atom. The Labute approximate surface area is 111 Å². The number of hydrogen-bond acceptors (Lipinski definition) is 4. The van der Waals surface area contributed by atoms with Crippen molar-refractivity contribution < 1.29 is 23.4 Å². The highest BCUT2D eigenvalue weighted by molar-refractivity contribution is 9.08. The average molecular weight is 324 g/mol. The van der Waals surface area contributed by atoms with E-state index in [0.717, 1.165) is 6.20 Å². The number of nitrogens with zero attached hydrogens (tertiary/aromatic N) is 1. The van der Waals surface area contributed by atoms with Crippen molar-refractivity contribution in [3.8, 4) is 5.75 Å². The lowest BCUT2D eigenvalue weighted by Gasteiger charge is -2.11. The Balaban J connectivity index is 3.05. The van der Waals surface area contributed by atoms with Gasteiger partial charge in [0.1, 0.15) is 5.75 Å². The molecular formula is C11H12BrF2NO3. The van der Waals surface area contributed by atoms with Gasteiger partial charge in [-0.15, -0.1) is 0 Å². The Morgan fingerprint density at radius 2 is 2.28 bits per heavy atom. The van der Waals surface area contributed by atoms with Crippen molar-refractivity contribution in [1.29, 1.82) is 0 Å². The molecular weight excluding hydrogens is 312 g/mol. The van der Waals surface area contributed by atoms with Crippen LogP contribution in [0.5, 0.6) is 5.75 Å². The summed E-state index contributed by atoms with van der Waals surface area (Å²) in [5.41, 5.74) is -0.274. The van der Waals surface area contributed by atoms with Gasteiger partial charge in [-0.1, -0.05) is 15.9 Å². The maximum atomic E-state index is 12.6. The Hall–Kier alpha value is -1.24. The number of aromatic hydroxyl groups is 1. The zero-order valence-corrected chi connectivity index (χ0v) is 11.2. The fourth-order valence-corrected chi connectivity index (χ4v) is 1.99. The van der Waals surface area contributed by atoms with Crippen LogP contribution in [0.1, 0.15) is 30.2 Å². The molecule has 0 fully saturated rings. The molecule has 0 spiro atoms. The Bertz CT molecular complexity index is 441. The van der Waals surface area contributed by atoms with Crippen molar-refractivity contribution >= 4 is 21.9 Å². The number of aromatic nitrogens is 1. The molecule has 7 heteroatoms. The zero-order valence-electron chi connectivity index (χ0n) is 9.62. The summed E-state index contributed by atoms with van der Waals surface area (Å²) in [4.78, 5) is 14.9. The molecule has 4 nitrogen and oxygen atoms in total. The van der Waals surface area contributed by atoms with Crippen molar-refractivity contribution in [2.45, 2.75) is 25.1 Å². The summed E-state index contributed by atoms with van der Waals surface area (Å²) in [5, 5.41) is 9.85. The van der Waals surface area contributed by atoms with Gasteiger partial charge in [0.25, 0.3) is 6.43 Å². The van der Waals surface area contributed by atoms with Gasteiger partial charge in [0.05, 0.1) is 18.7 Å². The summed E-state index contributed by atoms with van der Waals surface area (Å²) in [7, 11) is 0. The molecule has 0 saturated heterocycles. The van der Waals surface area contributed by atoms with E-state index in [4.69, 9.17) is 4.74 Å². The Morgan fingerprint density at radius 1 is 1.61 bits per heavy atom. The number of alkyl halides is 3. The Kier molecular flexibility index (Phi) is 5.46. The summed E-state index contributed by atoms with van der Waals surface area (Å²) in [5.74, 6) is -0.955. The minimum absolute atomic E-state index is 0.0345. The van der Waals surface area contributed by atoms with Gasteiger partial charge in [-0.2, -0.15) is 0 Å². The standard InChI is InChI=1S/C11H12BrF2NO3/c1-2-18-9(16)3-8-10(17)6(4-12)7(5-15-8)11(13)14/h5,11,17H,2-4H2,1H3. The molecule has 0 unspecified atom stereocenters. The molecule has 1 heterocycles. The van der Waals surface area contributed by atoms with Gasteiger partial charge in [0.2, 0.25) is 0 Å². The largest absolute Gasteiger partial charge is 0.506 e. The van der Waals surface area contributed by atoms with Crippen LogP contribution in [-0.4, -0.2) is 22.7 Å². The topological polar surface area (TPSA) is 59.4 Å². The molecule has 0 atom stereocenters. The fraction of sp³-hybridized carbons (Fsp3) is 0.455. The lowest BCUT2D eigenvalue weighted by molar-refractivity contribution is -0.142. The van der Waals surface area contributed by atoms with Gasteiger partial charge in [-0.05, 0) is 6.92 Å². The van der Waals surface area contributed by atoms with Crippen LogP contribution in [0.3, 0.4) is 0 Å². The number of ether oxygens (including phenoxy) is 1. The van der Waals surface area contributed by atoms with Gasteiger partial charge in [0.15, 0.2) is 0 Å². The van der Waals surface area contributed by atoms with Crippen LogP contribution in [0.2, 0.25) is 0 Å². The molecule has 100 valence electrons. The SMILES string of the molecule is CCOC(=O)Cc1ncc(C(F)F)c(CBr)c1O. The average Bonchev–Trinajstić information content (AvgIpc) is 2.31. The van der Waals surface area contributed by atoms with E-state index < -0.39 is 18.1 Å². The second-order valence-electron chi connectivity index (χ2n) is 3.40. The third kappa shape index (κ3) is 3.38. The monoisotopic (exact) mass is 323 g/mol. The number of carbonyl (C=O) groups is 1. The number of carbonyl (C=O) groups excluding carboxylic acids is 1. The van der Waals surface area contributed by atoms with Crippen LogP contribution in [0.4, 0.5) is 8.78 Å². The van der Waals surface area contributed by atoms with E-state index in [1.165, 1.54) is 0 Å². The summed E-state index contributed by atoms with van der Waals surface area (Å²) >= 11 is 3.02. The maximum absolute atomic E-state index is 12.6. The number of esters is 1. The minimum atomic E-state index is -2.73. The predicted octanol–water partition coefficient (Wildman–Crippen LogP) is 2.73. The first-order chi connectivity index (χ1) is 8.51. The normalized spacial score (nSPS) is 10.7. The van der Waals surface area contributed by atoms with Crippen LogP contribution < -0.4 is 0 Å². The van der Waals surface area contributed by atoms with E-state index in [1.54, 1.807) is 6.92 Å². The van der Waals surface area contributed by atoms with Crippen molar-refractivity contribution in [2.24, 2.45) is 0 Å². The van der Waals surface area contributed by atoms with Crippen molar-refractivity contribution in [1.82, 2.24) is 4.98 Å². The quantitative estimate of drug-likeness (QED) is 0.668. The van der Waals surface area contributed by atoms with Crippen LogP contribution in [-0.2, 0) is 21.3 Å². The molecule has 1 aromatic heterocycles. The molecule has 0 amide bonds. The molecule has 0 radical (unpaired) electrons. The molecule has 0 aromatic carbocycles. The van der Waals surface area contributed by atoms with Gasteiger partial charge < -0.3 is 9.84 Å². The van der Waals surface area contributed by atoms with Gasteiger partial charge in [0, 0.05) is 22.7 Å². The van der Waals surface area contributed by atoms with Crippen LogP contribution in [0, 0.1) is 0 Å².